The van der Waals surface area contributed by atoms with Crippen LogP contribution in [0.25, 0.3) is 0 Å². The summed E-state index contributed by atoms with van der Waals surface area (Å²) in [5.41, 5.74) is 0. The average molecular weight is 239 g/mol. The van der Waals surface area contributed by atoms with Crippen LogP contribution in [-0.2, 0) is 0 Å². The summed E-state index contributed by atoms with van der Waals surface area (Å²) in [4.78, 5) is 5.30. The number of hydrogen-bond acceptors (Lipinski definition) is 3. The van der Waals surface area contributed by atoms with Crippen molar-refractivity contribution < 1.29 is 0 Å². The van der Waals surface area contributed by atoms with Gasteiger partial charge in [0.05, 0.1) is 0 Å². The summed E-state index contributed by atoms with van der Waals surface area (Å²) < 4.78 is 0. The fraction of sp³-hybridized carbons (Fsp3) is 1.00. The molecule has 0 saturated carbocycles. The number of nitrogens with one attached hydrogen (secondary N) is 1. The summed E-state index contributed by atoms with van der Waals surface area (Å²) in [6.45, 7) is 13.3. The summed E-state index contributed by atoms with van der Waals surface area (Å²) in [5.74, 6) is 0. The van der Waals surface area contributed by atoms with Gasteiger partial charge in [0.15, 0.2) is 0 Å². The number of likely N-dealkylation sites (tertiary alicyclic amines) is 2. The SMILES string of the molecule is CC(C)NC1CCN(C(C)CN2CCCC2)C1. The third-order valence-corrected chi connectivity index (χ3v) is 4.13. The maximum atomic E-state index is 3.66. The van der Waals surface area contributed by atoms with Gasteiger partial charge in [-0.3, -0.25) is 4.90 Å². The molecule has 2 heterocycles. The zero-order chi connectivity index (χ0) is 12.3. The van der Waals surface area contributed by atoms with Crippen molar-refractivity contribution in [2.45, 2.75) is 58.2 Å². The van der Waals surface area contributed by atoms with E-state index in [1.54, 1.807) is 0 Å². The van der Waals surface area contributed by atoms with Crippen LogP contribution in [0, 0.1) is 0 Å². The zero-order valence-electron chi connectivity index (χ0n) is 11.8. The summed E-state index contributed by atoms with van der Waals surface area (Å²) in [7, 11) is 0. The Hall–Kier alpha value is -0.120. The Morgan fingerprint density at radius 1 is 1.12 bits per heavy atom. The van der Waals surface area contributed by atoms with Gasteiger partial charge >= 0.3 is 0 Å². The highest BCUT2D eigenvalue weighted by molar-refractivity contribution is 4.86. The molecular formula is C14H29N3. The van der Waals surface area contributed by atoms with Gasteiger partial charge in [0.1, 0.15) is 0 Å². The molecule has 0 aromatic carbocycles. The first kappa shape index (κ1) is 13.3. The second kappa shape index (κ2) is 6.17. The van der Waals surface area contributed by atoms with Crippen molar-refractivity contribution in [3.63, 3.8) is 0 Å². The number of hydrogen-bond donors (Lipinski definition) is 1. The third-order valence-electron chi connectivity index (χ3n) is 4.13. The molecule has 0 spiro atoms. The molecule has 2 atom stereocenters. The molecule has 17 heavy (non-hydrogen) atoms. The second-order valence-electron chi connectivity index (χ2n) is 6.16. The number of nitrogens with zero attached hydrogens (tertiary/aromatic N) is 2. The molecule has 2 unspecified atom stereocenters. The van der Waals surface area contributed by atoms with Gasteiger partial charge in [-0.05, 0) is 39.3 Å². The molecule has 3 heteroatoms. The standard InChI is InChI=1S/C14H29N3/c1-12(2)15-14-6-9-17(11-14)13(3)10-16-7-4-5-8-16/h12-15H,4-11H2,1-3H3. The number of rotatable bonds is 5. The van der Waals surface area contributed by atoms with Crippen LogP contribution in [0.1, 0.15) is 40.0 Å². The summed E-state index contributed by atoms with van der Waals surface area (Å²) in [6, 6.07) is 2.07. The monoisotopic (exact) mass is 239 g/mol. The fourth-order valence-corrected chi connectivity index (χ4v) is 3.25. The largest absolute Gasteiger partial charge is 0.310 e. The molecule has 0 aromatic rings. The molecule has 2 saturated heterocycles. The van der Waals surface area contributed by atoms with E-state index in [1.165, 1.54) is 52.0 Å². The van der Waals surface area contributed by atoms with E-state index in [2.05, 4.69) is 35.9 Å². The van der Waals surface area contributed by atoms with E-state index in [1.807, 2.05) is 0 Å². The Morgan fingerprint density at radius 3 is 2.47 bits per heavy atom. The lowest BCUT2D eigenvalue weighted by Gasteiger charge is -2.28. The fourth-order valence-electron chi connectivity index (χ4n) is 3.25. The Labute approximate surface area is 107 Å². The maximum absolute atomic E-state index is 3.66. The van der Waals surface area contributed by atoms with Crippen molar-refractivity contribution in [1.29, 1.82) is 0 Å². The molecule has 100 valence electrons. The zero-order valence-corrected chi connectivity index (χ0v) is 11.8. The van der Waals surface area contributed by atoms with Crippen molar-refractivity contribution in [3.05, 3.63) is 0 Å². The molecule has 0 radical (unpaired) electrons. The minimum absolute atomic E-state index is 0.619. The van der Waals surface area contributed by atoms with E-state index in [0.717, 1.165) is 12.1 Å². The Bertz CT molecular complexity index is 224. The first-order valence-electron chi connectivity index (χ1n) is 7.37. The van der Waals surface area contributed by atoms with Crippen LogP contribution in [0.15, 0.2) is 0 Å². The van der Waals surface area contributed by atoms with Gasteiger partial charge in [-0.15, -0.1) is 0 Å². The van der Waals surface area contributed by atoms with Gasteiger partial charge in [0, 0.05) is 37.8 Å². The smallest absolute Gasteiger partial charge is 0.0209 e. The molecule has 0 aromatic heterocycles. The van der Waals surface area contributed by atoms with Crippen LogP contribution in [0.4, 0.5) is 0 Å². The summed E-state index contributed by atoms with van der Waals surface area (Å²) in [6.07, 6.45) is 4.14. The summed E-state index contributed by atoms with van der Waals surface area (Å²) in [5, 5.41) is 3.66. The molecule has 2 fully saturated rings. The molecule has 2 aliphatic heterocycles. The van der Waals surface area contributed by atoms with Crippen molar-refractivity contribution >= 4 is 0 Å². The van der Waals surface area contributed by atoms with Gasteiger partial charge < -0.3 is 10.2 Å². The molecule has 2 rings (SSSR count). The molecule has 0 amide bonds. The molecule has 2 aliphatic rings. The van der Waals surface area contributed by atoms with Crippen LogP contribution < -0.4 is 5.32 Å². The normalized spacial score (nSPS) is 29.3. The van der Waals surface area contributed by atoms with Crippen LogP contribution in [0.3, 0.4) is 0 Å². The highest BCUT2D eigenvalue weighted by Gasteiger charge is 2.27. The predicted molar refractivity (Wildman–Crippen MR) is 73.4 cm³/mol. The van der Waals surface area contributed by atoms with Crippen molar-refractivity contribution in [1.82, 2.24) is 15.1 Å². The van der Waals surface area contributed by atoms with E-state index in [0.29, 0.717) is 6.04 Å². The van der Waals surface area contributed by atoms with E-state index < -0.39 is 0 Å². The minimum Gasteiger partial charge on any atom is -0.310 e. The van der Waals surface area contributed by atoms with Crippen LogP contribution in [0.5, 0.6) is 0 Å². The highest BCUT2D eigenvalue weighted by Crippen LogP contribution is 2.16. The Balaban J connectivity index is 1.71. The highest BCUT2D eigenvalue weighted by atomic mass is 15.3. The van der Waals surface area contributed by atoms with E-state index >= 15 is 0 Å². The quantitative estimate of drug-likeness (QED) is 0.785. The second-order valence-corrected chi connectivity index (χ2v) is 6.16. The minimum atomic E-state index is 0.619. The molecule has 0 bridgehead atoms. The van der Waals surface area contributed by atoms with Gasteiger partial charge in [0.25, 0.3) is 0 Å². The van der Waals surface area contributed by atoms with Crippen molar-refractivity contribution in [2.75, 3.05) is 32.7 Å². The first-order valence-corrected chi connectivity index (χ1v) is 7.37. The summed E-state index contributed by atoms with van der Waals surface area (Å²) >= 11 is 0. The Morgan fingerprint density at radius 2 is 1.82 bits per heavy atom. The van der Waals surface area contributed by atoms with Gasteiger partial charge in [0.2, 0.25) is 0 Å². The van der Waals surface area contributed by atoms with Crippen LogP contribution in [-0.4, -0.2) is 60.6 Å². The molecular weight excluding hydrogens is 210 g/mol. The average Bonchev–Trinajstić information content (AvgIpc) is 2.87. The first-order chi connectivity index (χ1) is 8.15. The topological polar surface area (TPSA) is 18.5 Å². The lowest BCUT2D eigenvalue weighted by molar-refractivity contribution is 0.188. The molecule has 0 aliphatic carbocycles. The van der Waals surface area contributed by atoms with Gasteiger partial charge in [-0.25, -0.2) is 0 Å². The van der Waals surface area contributed by atoms with Crippen molar-refractivity contribution in [3.8, 4) is 0 Å². The van der Waals surface area contributed by atoms with E-state index in [9.17, 15) is 0 Å². The molecule has 3 nitrogen and oxygen atoms in total. The van der Waals surface area contributed by atoms with E-state index in [-0.39, 0.29) is 0 Å². The van der Waals surface area contributed by atoms with Crippen LogP contribution >= 0.6 is 0 Å². The third kappa shape index (κ3) is 3.94. The predicted octanol–water partition coefficient (Wildman–Crippen LogP) is 1.54. The molecule has 1 N–H and O–H groups in total. The Kier molecular flexibility index (Phi) is 4.83. The maximum Gasteiger partial charge on any atom is 0.0209 e. The van der Waals surface area contributed by atoms with Crippen molar-refractivity contribution in [2.24, 2.45) is 0 Å². The lowest BCUT2D eigenvalue weighted by atomic mass is 10.2. The van der Waals surface area contributed by atoms with Gasteiger partial charge in [-0.2, -0.15) is 0 Å². The van der Waals surface area contributed by atoms with Gasteiger partial charge in [-0.1, -0.05) is 13.8 Å². The van der Waals surface area contributed by atoms with E-state index in [4.69, 9.17) is 0 Å². The van der Waals surface area contributed by atoms with Crippen LogP contribution in [0.2, 0.25) is 0 Å². The lowest BCUT2D eigenvalue weighted by Crippen LogP contribution is -2.43.